The summed E-state index contributed by atoms with van der Waals surface area (Å²) in [6, 6.07) is 5.82. The van der Waals surface area contributed by atoms with Gasteiger partial charge in [0.05, 0.1) is 0 Å². The number of carbonyl (C=O) groups excluding carboxylic acids is 1. The van der Waals surface area contributed by atoms with Gasteiger partial charge in [-0.3, -0.25) is 0 Å². The number of carbonyl (C=O) groups is 1. The Labute approximate surface area is 108 Å². The molecule has 0 bridgehead atoms. The first-order valence-corrected chi connectivity index (χ1v) is 6.43. The van der Waals surface area contributed by atoms with E-state index in [4.69, 9.17) is 10.5 Å². The third-order valence-electron chi connectivity index (χ3n) is 3.32. The van der Waals surface area contributed by atoms with Gasteiger partial charge in [-0.15, -0.1) is 0 Å². The van der Waals surface area contributed by atoms with Crippen LogP contribution in [0.15, 0.2) is 18.2 Å². The predicted octanol–water partition coefficient (Wildman–Crippen LogP) is 2.47. The maximum atomic E-state index is 11.8. The van der Waals surface area contributed by atoms with Gasteiger partial charge in [0.25, 0.3) is 0 Å². The van der Waals surface area contributed by atoms with Crippen LogP contribution in [-0.2, 0) is 6.42 Å². The van der Waals surface area contributed by atoms with E-state index in [1.807, 2.05) is 25.1 Å². The lowest BCUT2D eigenvalue weighted by Gasteiger charge is -2.16. The molecule has 0 heterocycles. The number of hydrogen-bond acceptors (Lipinski definition) is 3. The van der Waals surface area contributed by atoms with Crippen LogP contribution in [0, 0.1) is 0 Å². The van der Waals surface area contributed by atoms with Crippen LogP contribution in [-0.4, -0.2) is 24.6 Å². The number of ether oxygens (including phenoxy) is 1. The lowest BCUT2D eigenvalue weighted by molar-refractivity contribution is 0.163. The van der Waals surface area contributed by atoms with Gasteiger partial charge in [0.15, 0.2) is 0 Å². The first kappa shape index (κ1) is 12.9. The molecule has 2 N–H and O–H groups in total. The largest absolute Gasteiger partial charge is 0.414 e. The molecule has 0 saturated heterocycles. The molecule has 1 aliphatic carbocycles. The molecule has 18 heavy (non-hydrogen) atoms. The van der Waals surface area contributed by atoms with Gasteiger partial charge in [0.2, 0.25) is 0 Å². The fourth-order valence-corrected chi connectivity index (χ4v) is 2.28. The van der Waals surface area contributed by atoms with Crippen LogP contribution in [0.1, 0.15) is 36.9 Å². The summed E-state index contributed by atoms with van der Waals surface area (Å²) in [5.74, 6) is 0.582. The van der Waals surface area contributed by atoms with Crippen molar-refractivity contribution in [1.29, 1.82) is 0 Å². The molecule has 98 valence electrons. The summed E-state index contributed by atoms with van der Waals surface area (Å²) >= 11 is 0. The molecular weight excluding hydrogens is 228 g/mol. The molecule has 0 unspecified atom stereocenters. The van der Waals surface area contributed by atoms with Crippen molar-refractivity contribution in [3.8, 4) is 5.75 Å². The molecule has 0 aromatic heterocycles. The van der Waals surface area contributed by atoms with Crippen molar-refractivity contribution in [3.05, 3.63) is 29.3 Å². The second kappa shape index (κ2) is 5.40. The lowest BCUT2D eigenvalue weighted by atomic mass is 10.1. The van der Waals surface area contributed by atoms with E-state index >= 15 is 0 Å². The van der Waals surface area contributed by atoms with Crippen molar-refractivity contribution >= 4 is 6.09 Å². The second-order valence-electron chi connectivity index (χ2n) is 4.80. The number of aryl methyl sites for hydroxylation is 1. The van der Waals surface area contributed by atoms with E-state index in [2.05, 4.69) is 0 Å². The molecule has 2 rings (SSSR count). The standard InChI is InChI=1S/C14H20N2O2/c1-3-8-16(2)14(17)18-11-6-4-10-5-7-13(15)12(10)9-11/h4,6,9,13H,3,5,7-8,15H2,1-2H3/t13-/m1/s1. The third kappa shape index (κ3) is 2.64. The van der Waals surface area contributed by atoms with Crippen molar-refractivity contribution < 1.29 is 9.53 Å². The maximum absolute atomic E-state index is 11.8. The summed E-state index contributed by atoms with van der Waals surface area (Å²) in [6.07, 6.45) is 2.59. The van der Waals surface area contributed by atoms with Gasteiger partial charge in [-0.2, -0.15) is 0 Å². The Balaban J connectivity index is 2.07. The number of hydrogen-bond donors (Lipinski definition) is 1. The number of nitrogens with two attached hydrogens (primary N) is 1. The average Bonchev–Trinajstić information content (AvgIpc) is 2.71. The average molecular weight is 248 g/mol. The van der Waals surface area contributed by atoms with E-state index in [9.17, 15) is 4.79 Å². The molecule has 0 aliphatic heterocycles. The zero-order chi connectivity index (χ0) is 13.1. The summed E-state index contributed by atoms with van der Waals surface area (Å²) in [7, 11) is 1.74. The first-order valence-electron chi connectivity index (χ1n) is 6.43. The second-order valence-corrected chi connectivity index (χ2v) is 4.80. The summed E-state index contributed by atoms with van der Waals surface area (Å²) in [6.45, 7) is 2.72. The highest BCUT2D eigenvalue weighted by Gasteiger charge is 2.20. The first-order chi connectivity index (χ1) is 8.61. The fraction of sp³-hybridized carbons (Fsp3) is 0.500. The van der Waals surface area contributed by atoms with Gasteiger partial charge < -0.3 is 15.4 Å². The summed E-state index contributed by atoms with van der Waals surface area (Å²) in [5.41, 5.74) is 8.38. The Hall–Kier alpha value is -1.55. The zero-order valence-corrected chi connectivity index (χ0v) is 11.0. The number of benzene rings is 1. The van der Waals surface area contributed by atoms with Crippen LogP contribution < -0.4 is 10.5 Å². The number of rotatable bonds is 3. The zero-order valence-electron chi connectivity index (χ0n) is 11.0. The highest BCUT2D eigenvalue weighted by molar-refractivity contribution is 5.70. The topological polar surface area (TPSA) is 55.6 Å². The molecule has 0 radical (unpaired) electrons. The normalized spacial score (nSPS) is 17.4. The van der Waals surface area contributed by atoms with Gasteiger partial charge in [0.1, 0.15) is 5.75 Å². The molecule has 1 amide bonds. The van der Waals surface area contributed by atoms with E-state index in [0.717, 1.165) is 24.8 Å². The minimum absolute atomic E-state index is 0.0759. The molecule has 1 atom stereocenters. The number of amides is 1. The van der Waals surface area contributed by atoms with E-state index in [-0.39, 0.29) is 12.1 Å². The third-order valence-corrected chi connectivity index (χ3v) is 3.32. The highest BCUT2D eigenvalue weighted by atomic mass is 16.6. The number of nitrogens with zero attached hydrogens (tertiary/aromatic N) is 1. The molecule has 1 aliphatic rings. The van der Waals surface area contributed by atoms with E-state index in [1.54, 1.807) is 11.9 Å². The van der Waals surface area contributed by atoms with Crippen LogP contribution in [0.5, 0.6) is 5.75 Å². The van der Waals surface area contributed by atoms with E-state index in [1.165, 1.54) is 5.56 Å². The van der Waals surface area contributed by atoms with Crippen LogP contribution in [0.25, 0.3) is 0 Å². The molecule has 0 spiro atoms. The van der Waals surface area contributed by atoms with Crippen molar-refractivity contribution in [2.45, 2.75) is 32.2 Å². The van der Waals surface area contributed by atoms with Crippen molar-refractivity contribution in [2.75, 3.05) is 13.6 Å². The highest BCUT2D eigenvalue weighted by Crippen LogP contribution is 2.32. The van der Waals surface area contributed by atoms with Gasteiger partial charge in [0, 0.05) is 19.6 Å². The van der Waals surface area contributed by atoms with Crippen LogP contribution in [0.4, 0.5) is 4.79 Å². The fourth-order valence-electron chi connectivity index (χ4n) is 2.28. The van der Waals surface area contributed by atoms with Crippen molar-refractivity contribution in [2.24, 2.45) is 5.73 Å². The number of fused-ring (bicyclic) bond motifs is 1. The molecule has 0 saturated carbocycles. The van der Waals surface area contributed by atoms with Crippen LogP contribution in [0.2, 0.25) is 0 Å². The molecule has 4 nitrogen and oxygen atoms in total. The SMILES string of the molecule is CCCN(C)C(=O)Oc1ccc2c(c1)[C@H](N)CC2. The summed E-state index contributed by atoms with van der Waals surface area (Å²) in [4.78, 5) is 13.3. The Morgan fingerprint density at radius 2 is 2.33 bits per heavy atom. The molecule has 0 fully saturated rings. The lowest BCUT2D eigenvalue weighted by Crippen LogP contribution is -2.30. The Bertz CT molecular complexity index is 445. The minimum atomic E-state index is -0.316. The summed E-state index contributed by atoms with van der Waals surface area (Å²) < 4.78 is 5.33. The van der Waals surface area contributed by atoms with Crippen LogP contribution >= 0.6 is 0 Å². The summed E-state index contributed by atoms with van der Waals surface area (Å²) in [5, 5.41) is 0. The Morgan fingerprint density at radius 3 is 3.06 bits per heavy atom. The molecular formula is C14H20N2O2. The molecule has 4 heteroatoms. The quantitative estimate of drug-likeness (QED) is 0.894. The Morgan fingerprint density at radius 1 is 1.56 bits per heavy atom. The predicted molar refractivity (Wildman–Crippen MR) is 70.6 cm³/mol. The molecule has 1 aromatic carbocycles. The van der Waals surface area contributed by atoms with Crippen molar-refractivity contribution in [1.82, 2.24) is 4.90 Å². The Kier molecular flexibility index (Phi) is 3.87. The maximum Gasteiger partial charge on any atom is 0.414 e. The minimum Gasteiger partial charge on any atom is -0.410 e. The van der Waals surface area contributed by atoms with E-state index < -0.39 is 0 Å². The van der Waals surface area contributed by atoms with Gasteiger partial charge in [-0.1, -0.05) is 13.0 Å². The molecule has 1 aromatic rings. The van der Waals surface area contributed by atoms with Crippen LogP contribution in [0.3, 0.4) is 0 Å². The van der Waals surface area contributed by atoms with Gasteiger partial charge >= 0.3 is 6.09 Å². The van der Waals surface area contributed by atoms with Crippen molar-refractivity contribution in [3.63, 3.8) is 0 Å². The van der Waals surface area contributed by atoms with E-state index in [0.29, 0.717) is 12.3 Å². The van der Waals surface area contributed by atoms with Gasteiger partial charge in [-0.05, 0) is 42.5 Å². The van der Waals surface area contributed by atoms with Gasteiger partial charge in [-0.25, -0.2) is 4.79 Å². The smallest absolute Gasteiger partial charge is 0.410 e. The monoisotopic (exact) mass is 248 g/mol.